The molecular formula is C17H21FN4O. The maximum Gasteiger partial charge on any atom is 0.127 e. The topological polar surface area (TPSA) is 77.4 Å². The summed E-state index contributed by atoms with van der Waals surface area (Å²) < 4.78 is 19.6. The van der Waals surface area contributed by atoms with Gasteiger partial charge in [0.25, 0.3) is 0 Å². The minimum absolute atomic E-state index is 0.375. The number of halogens is 1. The van der Waals surface area contributed by atoms with Crippen molar-refractivity contribution in [1.29, 1.82) is 0 Å². The van der Waals surface area contributed by atoms with Gasteiger partial charge in [-0.3, -0.25) is 9.88 Å². The van der Waals surface area contributed by atoms with Gasteiger partial charge in [-0.25, -0.2) is 4.39 Å². The molecule has 0 unspecified atom stereocenters. The first kappa shape index (κ1) is 15.6. The Balaban J connectivity index is 1.74. The molecule has 0 saturated carbocycles. The lowest BCUT2D eigenvalue weighted by atomic mass is 10.0. The summed E-state index contributed by atoms with van der Waals surface area (Å²) in [7, 11) is 0. The average molecular weight is 316 g/mol. The molecule has 0 aliphatic carbocycles. The van der Waals surface area contributed by atoms with Crippen molar-refractivity contribution in [3.8, 4) is 16.9 Å². The molecule has 2 aromatic rings. The highest BCUT2D eigenvalue weighted by Crippen LogP contribution is 2.32. The fraction of sp³-hybridized carbons (Fsp3) is 0.353. The minimum atomic E-state index is -0.375. The molecule has 0 radical (unpaired) electrons. The van der Waals surface area contributed by atoms with E-state index < -0.39 is 0 Å². The molecule has 1 fully saturated rings. The smallest absolute Gasteiger partial charge is 0.127 e. The van der Waals surface area contributed by atoms with Gasteiger partial charge < -0.3 is 16.2 Å². The van der Waals surface area contributed by atoms with Crippen LogP contribution in [0.3, 0.4) is 0 Å². The van der Waals surface area contributed by atoms with Gasteiger partial charge in [0, 0.05) is 24.4 Å². The summed E-state index contributed by atoms with van der Waals surface area (Å²) in [6.45, 7) is 3.62. The minimum Gasteiger partial charge on any atom is -0.492 e. The average Bonchev–Trinajstić information content (AvgIpc) is 3.03. The second kappa shape index (κ2) is 6.83. The molecule has 3 rings (SSSR count). The van der Waals surface area contributed by atoms with Gasteiger partial charge in [-0.15, -0.1) is 0 Å². The fourth-order valence-electron chi connectivity index (χ4n) is 2.82. The summed E-state index contributed by atoms with van der Waals surface area (Å²) in [6, 6.07) is 4.55. The Morgan fingerprint density at radius 2 is 1.91 bits per heavy atom. The molecule has 0 atom stereocenters. The third-order valence-corrected chi connectivity index (χ3v) is 4.08. The van der Waals surface area contributed by atoms with Crippen molar-refractivity contribution in [2.45, 2.75) is 12.8 Å². The Bertz CT molecular complexity index is 686. The third kappa shape index (κ3) is 3.71. The molecule has 1 aliphatic heterocycles. The molecule has 1 aromatic carbocycles. The zero-order valence-electron chi connectivity index (χ0n) is 13.0. The molecule has 23 heavy (non-hydrogen) atoms. The monoisotopic (exact) mass is 316 g/mol. The number of nitrogens with zero attached hydrogens (tertiary/aromatic N) is 2. The quantitative estimate of drug-likeness (QED) is 0.886. The first-order valence-electron chi connectivity index (χ1n) is 7.78. The van der Waals surface area contributed by atoms with Gasteiger partial charge in [0.2, 0.25) is 0 Å². The number of nitrogens with two attached hydrogens (primary N) is 2. The van der Waals surface area contributed by atoms with E-state index in [1.807, 2.05) is 0 Å². The van der Waals surface area contributed by atoms with Gasteiger partial charge >= 0.3 is 0 Å². The Hall–Kier alpha value is -2.34. The Labute approximate surface area is 135 Å². The van der Waals surface area contributed by atoms with Gasteiger partial charge in [0.1, 0.15) is 18.2 Å². The summed E-state index contributed by atoms with van der Waals surface area (Å²) in [5.74, 6) is 0.113. The molecule has 0 spiro atoms. The van der Waals surface area contributed by atoms with Crippen LogP contribution >= 0.6 is 0 Å². The number of hydrogen-bond acceptors (Lipinski definition) is 5. The van der Waals surface area contributed by atoms with E-state index in [9.17, 15) is 4.39 Å². The number of nitrogen functional groups attached to an aromatic ring is 2. The zero-order valence-corrected chi connectivity index (χ0v) is 13.0. The van der Waals surface area contributed by atoms with Crippen molar-refractivity contribution >= 4 is 11.4 Å². The zero-order chi connectivity index (χ0) is 16.2. The molecule has 1 aromatic heterocycles. The Kier molecular flexibility index (Phi) is 4.62. The van der Waals surface area contributed by atoms with Gasteiger partial charge in [0.05, 0.1) is 17.6 Å². The number of ether oxygens (including phenoxy) is 1. The normalized spacial score (nSPS) is 15.0. The fourth-order valence-corrected chi connectivity index (χ4v) is 2.82. The number of anilines is 2. The summed E-state index contributed by atoms with van der Waals surface area (Å²) >= 11 is 0. The van der Waals surface area contributed by atoms with Crippen LogP contribution in [0.15, 0.2) is 30.6 Å². The lowest BCUT2D eigenvalue weighted by Gasteiger charge is -2.15. The van der Waals surface area contributed by atoms with E-state index >= 15 is 0 Å². The van der Waals surface area contributed by atoms with Crippen molar-refractivity contribution in [3.05, 3.63) is 36.4 Å². The lowest BCUT2D eigenvalue weighted by molar-refractivity contribution is 0.237. The predicted molar refractivity (Wildman–Crippen MR) is 89.6 cm³/mol. The molecular weight excluding hydrogens is 295 g/mol. The highest BCUT2D eigenvalue weighted by Gasteiger charge is 2.12. The summed E-state index contributed by atoms with van der Waals surface area (Å²) in [5.41, 5.74) is 13.7. The molecule has 4 N–H and O–H groups in total. The predicted octanol–water partition coefficient (Wildman–Crippen LogP) is 2.53. The van der Waals surface area contributed by atoms with Crippen molar-refractivity contribution in [3.63, 3.8) is 0 Å². The van der Waals surface area contributed by atoms with Crippen molar-refractivity contribution in [1.82, 2.24) is 9.88 Å². The molecule has 0 bridgehead atoms. The molecule has 1 saturated heterocycles. The Morgan fingerprint density at radius 3 is 2.70 bits per heavy atom. The van der Waals surface area contributed by atoms with Gasteiger partial charge in [-0.2, -0.15) is 0 Å². The standard InChI is InChI=1S/C17H21FN4O/c18-13-7-12(15-10-21-11-16(19)17(15)20)8-14(9-13)23-6-5-22-3-1-2-4-22/h7-11H,1-6,19H2,(H2,20,21). The highest BCUT2D eigenvalue weighted by atomic mass is 19.1. The van der Waals surface area contributed by atoms with Crippen molar-refractivity contribution < 1.29 is 9.13 Å². The molecule has 1 aliphatic rings. The van der Waals surface area contributed by atoms with Crippen LogP contribution in [-0.2, 0) is 0 Å². The second-order valence-electron chi connectivity index (χ2n) is 5.76. The number of likely N-dealkylation sites (tertiary alicyclic amines) is 1. The van der Waals surface area contributed by atoms with E-state index in [0.717, 1.165) is 19.6 Å². The molecule has 2 heterocycles. The highest BCUT2D eigenvalue weighted by molar-refractivity contribution is 5.83. The van der Waals surface area contributed by atoms with Gasteiger partial charge in [-0.1, -0.05) is 0 Å². The maximum absolute atomic E-state index is 13.9. The SMILES string of the molecule is Nc1cncc(-c2cc(F)cc(OCCN3CCCC3)c2)c1N. The first-order chi connectivity index (χ1) is 11.1. The summed E-state index contributed by atoms with van der Waals surface area (Å²) in [6.07, 6.45) is 5.54. The van der Waals surface area contributed by atoms with Crippen LogP contribution in [0.5, 0.6) is 5.75 Å². The summed E-state index contributed by atoms with van der Waals surface area (Å²) in [4.78, 5) is 6.37. The lowest BCUT2D eigenvalue weighted by Crippen LogP contribution is -2.25. The van der Waals surface area contributed by atoms with E-state index in [1.165, 1.54) is 31.2 Å². The largest absolute Gasteiger partial charge is 0.492 e. The third-order valence-electron chi connectivity index (χ3n) is 4.08. The second-order valence-corrected chi connectivity index (χ2v) is 5.76. The number of aromatic nitrogens is 1. The van der Waals surface area contributed by atoms with E-state index in [0.29, 0.717) is 34.9 Å². The van der Waals surface area contributed by atoms with Crippen LogP contribution < -0.4 is 16.2 Å². The number of benzene rings is 1. The molecule has 0 amide bonds. The molecule has 6 heteroatoms. The van der Waals surface area contributed by atoms with Crippen LogP contribution in [-0.4, -0.2) is 36.1 Å². The number of hydrogen-bond donors (Lipinski definition) is 2. The van der Waals surface area contributed by atoms with E-state index in [2.05, 4.69) is 9.88 Å². The first-order valence-corrected chi connectivity index (χ1v) is 7.78. The van der Waals surface area contributed by atoms with E-state index in [1.54, 1.807) is 12.3 Å². The van der Waals surface area contributed by atoms with E-state index in [-0.39, 0.29) is 5.82 Å². The molecule has 5 nitrogen and oxygen atoms in total. The van der Waals surface area contributed by atoms with Crippen LogP contribution in [0.4, 0.5) is 15.8 Å². The van der Waals surface area contributed by atoms with Crippen LogP contribution in [0.1, 0.15) is 12.8 Å². The number of pyridine rings is 1. The maximum atomic E-state index is 13.9. The molecule has 122 valence electrons. The van der Waals surface area contributed by atoms with Crippen LogP contribution in [0.25, 0.3) is 11.1 Å². The summed E-state index contributed by atoms with van der Waals surface area (Å²) in [5, 5.41) is 0. The van der Waals surface area contributed by atoms with Gasteiger partial charge in [0.15, 0.2) is 0 Å². The van der Waals surface area contributed by atoms with Crippen LogP contribution in [0, 0.1) is 5.82 Å². The van der Waals surface area contributed by atoms with Gasteiger partial charge in [-0.05, 0) is 43.6 Å². The Morgan fingerprint density at radius 1 is 1.13 bits per heavy atom. The van der Waals surface area contributed by atoms with E-state index in [4.69, 9.17) is 16.2 Å². The van der Waals surface area contributed by atoms with Crippen molar-refractivity contribution in [2.24, 2.45) is 0 Å². The number of rotatable bonds is 5. The van der Waals surface area contributed by atoms with Crippen molar-refractivity contribution in [2.75, 3.05) is 37.7 Å². The van der Waals surface area contributed by atoms with Crippen LogP contribution in [0.2, 0.25) is 0 Å².